The van der Waals surface area contributed by atoms with Gasteiger partial charge in [0.15, 0.2) is 5.78 Å². The number of morpholine rings is 1. The number of carbonyl (C=O) groups excluding carboxylic acids is 2. The van der Waals surface area contributed by atoms with E-state index in [0.29, 0.717) is 16.3 Å². The van der Waals surface area contributed by atoms with Crippen molar-refractivity contribution < 1.29 is 14.3 Å². The first-order valence-electron chi connectivity index (χ1n) is 7.98. The van der Waals surface area contributed by atoms with Crippen molar-refractivity contribution in [1.82, 2.24) is 10.2 Å². The summed E-state index contributed by atoms with van der Waals surface area (Å²) in [5.41, 5.74) is -0.150. The molecule has 1 aromatic rings. The van der Waals surface area contributed by atoms with Crippen molar-refractivity contribution in [2.75, 3.05) is 19.6 Å². The van der Waals surface area contributed by atoms with Gasteiger partial charge in [-0.15, -0.1) is 11.3 Å². The number of nitrogens with zero attached hydrogens (tertiary/aromatic N) is 1. The summed E-state index contributed by atoms with van der Waals surface area (Å²) in [5, 5.41) is 3.00. The van der Waals surface area contributed by atoms with Crippen LogP contribution < -0.4 is 5.32 Å². The summed E-state index contributed by atoms with van der Waals surface area (Å²) in [5.74, 6) is -0.129. The minimum Gasteiger partial charge on any atom is -0.373 e. The summed E-state index contributed by atoms with van der Waals surface area (Å²) < 4.78 is 5.77. The molecule has 0 aromatic carbocycles. The fourth-order valence-electron chi connectivity index (χ4n) is 2.82. The van der Waals surface area contributed by atoms with Gasteiger partial charge in [0, 0.05) is 25.2 Å². The number of hydrogen-bond acceptors (Lipinski definition) is 5. The Morgan fingerprint density at radius 3 is 2.35 bits per heavy atom. The molecule has 1 saturated heterocycles. The first kappa shape index (κ1) is 18.1. The van der Waals surface area contributed by atoms with Gasteiger partial charge >= 0.3 is 0 Å². The smallest absolute Gasteiger partial charge is 0.261 e. The minimum atomic E-state index is -0.150. The van der Waals surface area contributed by atoms with Crippen molar-refractivity contribution in [3.8, 4) is 0 Å². The van der Waals surface area contributed by atoms with Crippen LogP contribution in [-0.4, -0.2) is 54.0 Å². The predicted octanol–water partition coefficient (Wildman–Crippen LogP) is 2.57. The van der Waals surface area contributed by atoms with Gasteiger partial charge in [-0.25, -0.2) is 0 Å². The van der Waals surface area contributed by atoms with Crippen LogP contribution in [0.4, 0.5) is 0 Å². The number of amides is 1. The van der Waals surface area contributed by atoms with Crippen LogP contribution in [0.15, 0.2) is 12.1 Å². The van der Waals surface area contributed by atoms with Crippen molar-refractivity contribution in [1.29, 1.82) is 0 Å². The molecule has 2 rings (SSSR count). The zero-order chi connectivity index (χ0) is 17.2. The first-order chi connectivity index (χ1) is 10.7. The number of carbonyl (C=O) groups is 2. The lowest BCUT2D eigenvalue weighted by Gasteiger charge is -2.45. The highest BCUT2D eigenvalue weighted by Crippen LogP contribution is 2.21. The monoisotopic (exact) mass is 338 g/mol. The Bertz CT molecular complexity index is 572. The molecule has 0 unspecified atom stereocenters. The third-order valence-corrected chi connectivity index (χ3v) is 5.32. The Morgan fingerprint density at radius 1 is 1.26 bits per heavy atom. The molecule has 1 amide bonds. The van der Waals surface area contributed by atoms with Crippen molar-refractivity contribution >= 4 is 23.0 Å². The Morgan fingerprint density at radius 2 is 1.83 bits per heavy atom. The number of Topliss-reactive ketones (excluding diaryl/α,β-unsaturated/α-hetero) is 1. The Balaban J connectivity index is 1.95. The van der Waals surface area contributed by atoms with E-state index in [1.54, 1.807) is 12.1 Å². The maximum Gasteiger partial charge on any atom is 0.261 e. The summed E-state index contributed by atoms with van der Waals surface area (Å²) in [6, 6.07) is 3.42. The normalized spacial score (nSPS) is 22.8. The highest BCUT2D eigenvalue weighted by molar-refractivity contribution is 7.15. The number of ketones is 1. The lowest BCUT2D eigenvalue weighted by atomic mass is 10.00. The Labute approximate surface area is 142 Å². The van der Waals surface area contributed by atoms with E-state index in [1.807, 2.05) is 0 Å². The molecule has 0 spiro atoms. The van der Waals surface area contributed by atoms with Crippen LogP contribution in [0.25, 0.3) is 0 Å². The predicted molar refractivity (Wildman–Crippen MR) is 92.3 cm³/mol. The van der Waals surface area contributed by atoms with Gasteiger partial charge in [-0.1, -0.05) is 0 Å². The maximum absolute atomic E-state index is 12.3. The third kappa shape index (κ3) is 4.62. The Kier molecular flexibility index (Phi) is 5.60. The van der Waals surface area contributed by atoms with E-state index in [9.17, 15) is 9.59 Å². The average molecular weight is 338 g/mol. The molecule has 1 N–H and O–H groups in total. The van der Waals surface area contributed by atoms with Crippen molar-refractivity contribution in [3.05, 3.63) is 21.9 Å². The number of hydrogen-bond donors (Lipinski definition) is 1. The summed E-state index contributed by atoms with van der Waals surface area (Å²) in [6.45, 7) is 12.2. The molecule has 2 atom stereocenters. The van der Waals surface area contributed by atoms with Crippen LogP contribution >= 0.6 is 11.3 Å². The lowest BCUT2D eigenvalue weighted by Crippen LogP contribution is -2.58. The van der Waals surface area contributed by atoms with E-state index < -0.39 is 0 Å². The van der Waals surface area contributed by atoms with E-state index in [1.165, 1.54) is 18.3 Å². The average Bonchev–Trinajstić information content (AvgIpc) is 2.94. The van der Waals surface area contributed by atoms with E-state index >= 15 is 0 Å². The number of rotatable bonds is 5. The topological polar surface area (TPSA) is 58.6 Å². The standard InChI is InChI=1S/C17H26N2O3S/c1-11-8-19(9-12(2)22-11)17(4,5)10-18-16(21)15-7-6-14(23-15)13(3)20/h6-7,11-12H,8-10H2,1-5H3,(H,18,21)/t11-,12-/m1/s1. The molecule has 6 heteroatoms. The first-order valence-corrected chi connectivity index (χ1v) is 8.80. The van der Waals surface area contributed by atoms with Gasteiger partial charge in [0.2, 0.25) is 0 Å². The zero-order valence-corrected chi connectivity index (χ0v) is 15.3. The molecule has 0 saturated carbocycles. The van der Waals surface area contributed by atoms with Crippen LogP contribution in [0.5, 0.6) is 0 Å². The molecular formula is C17H26N2O3S. The van der Waals surface area contributed by atoms with Gasteiger partial charge in [0.05, 0.1) is 22.0 Å². The molecule has 23 heavy (non-hydrogen) atoms. The fraction of sp³-hybridized carbons (Fsp3) is 0.647. The van der Waals surface area contributed by atoms with Gasteiger partial charge in [0.1, 0.15) is 0 Å². The van der Waals surface area contributed by atoms with Gasteiger partial charge < -0.3 is 10.1 Å². The molecule has 0 bridgehead atoms. The van der Waals surface area contributed by atoms with Gasteiger partial charge in [-0.05, 0) is 46.8 Å². The third-order valence-electron chi connectivity index (χ3n) is 4.13. The zero-order valence-electron chi connectivity index (χ0n) is 14.5. The molecule has 0 radical (unpaired) electrons. The fourth-order valence-corrected chi connectivity index (χ4v) is 3.63. The van der Waals surface area contributed by atoms with E-state index in [0.717, 1.165) is 13.1 Å². The SMILES string of the molecule is CC(=O)c1ccc(C(=O)NCC(C)(C)N2C[C@@H](C)O[C@H](C)C2)s1. The van der Waals surface area contributed by atoms with Crippen LogP contribution in [0.2, 0.25) is 0 Å². The molecule has 1 fully saturated rings. The summed E-state index contributed by atoms with van der Waals surface area (Å²) >= 11 is 1.24. The van der Waals surface area contributed by atoms with Crippen LogP contribution in [0, 0.1) is 0 Å². The molecule has 1 aromatic heterocycles. The lowest BCUT2D eigenvalue weighted by molar-refractivity contribution is -0.0948. The van der Waals surface area contributed by atoms with E-state index in [2.05, 4.69) is 37.9 Å². The van der Waals surface area contributed by atoms with Crippen molar-refractivity contribution in [2.45, 2.75) is 52.4 Å². The molecule has 2 heterocycles. The van der Waals surface area contributed by atoms with Crippen molar-refractivity contribution in [3.63, 3.8) is 0 Å². The largest absolute Gasteiger partial charge is 0.373 e. The highest BCUT2D eigenvalue weighted by atomic mass is 32.1. The second kappa shape index (κ2) is 7.11. The second-order valence-corrected chi connectivity index (χ2v) is 7.96. The van der Waals surface area contributed by atoms with Gasteiger partial charge in [-0.2, -0.15) is 0 Å². The van der Waals surface area contributed by atoms with Crippen LogP contribution in [-0.2, 0) is 4.74 Å². The molecule has 1 aliphatic heterocycles. The number of thiophene rings is 1. The molecule has 5 nitrogen and oxygen atoms in total. The second-order valence-electron chi connectivity index (χ2n) is 6.88. The maximum atomic E-state index is 12.3. The Hall–Kier alpha value is -1.24. The summed E-state index contributed by atoms with van der Waals surface area (Å²) in [7, 11) is 0. The molecular weight excluding hydrogens is 312 g/mol. The van der Waals surface area contributed by atoms with E-state index in [4.69, 9.17) is 4.74 Å². The molecule has 1 aliphatic rings. The minimum absolute atomic E-state index is 0.00864. The summed E-state index contributed by atoms with van der Waals surface area (Å²) in [6.07, 6.45) is 0.397. The number of nitrogens with one attached hydrogen (secondary N) is 1. The van der Waals surface area contributed by atoms with Gasteiger partial charge in [-0.3, -0.25) is 14.5 Å². The highest BCUT2D eigenvalue weighted by Gasteiger charge is 2.33. The number of ether oxygens (including phenoxy) is 1. The van der Waals surface area contributed by atoms with E-state index in [-0.39, 0.29) is 29.4 Å². The van der Waals surface area contributed by atoms with Crippen molar-refractivity contribution in [2.24, 2.45) is 0 Å². The quantitative estimate of drug-likeness (QED) is 0.838. The summed E-state index contributed by atoms with van der Waals surface area (Å²) in [4.78, 5) is 27.2. The van der Waals surface area contributed by atoms with Crippen LogP contribution in [0.3, 0.4) is 0 Å². The van der Waals surface area contributed by atoms with Crippen LogP contribution in [0.1, 0.15) is 54.0 Å². The van der Waals surface area contributed by atoms with Gasteiger partial charge in [0.25, 0.3) is 5.91 Å². The molecule has 128 valence electrons. The molecule has 0 aliphatic carbocycles.